The topological polar surface area (TPSA) is 76.2 Å². The minimum absolute atomic E-state index is 0.177. The van der Waals surface area contributed by atoms with Gasteiger partial charge < -0.3 is 14.8 Å². The highest BCUT2D eigenvalue weighted by Crippen LogP contribution is 2.02. The van der Waals surface area contributed by atoms with Gasteiger partial charge in [-0.15, -0.1) is 0 Å². The molecule has 102 valence electrons. The fourth-order valence-electron chi connectivity index (χ4n) is 1.45. The molecular formula is C12H21N3O3. The van der Waals surface area contributed by atoms with Gasteiger partial charge in [-0.05, 0) is 12.5 Å². The number of hydrogen-bond donors (Lipinski definition) is 2. The number of aryl methyl sites for hydroxylation is 1. The zero-order valence-corrected chi connectivity index (χ0v) is 11.0. The maximum atomic E-state index is 11.7. The molecular weight excluding hydrogens is 234 g/mol. The Balaban J connectivity index is 2.19. The molecule has 1 amide bonds. The van der Waals surface area contributed by atoms with Crippen molar-refractivity contribution in [2.75, 3.05) is 33.5 Å². The van der Waals surface area contributed by atoms with Crippen LogP contribution < -0.4 is 5.32 Å². The van der Waals surface area contributed by atoms with Crippen LogP contribution in [0.2, 0.25) is 0 Å². The number of rotatable bonds is 9. The lowest BCUT2D eigenvalue weighted by molar-refractivity contribution is 0.0692. The van der Waals surface area contributed by atoms with E-state index < -0.39 is 0 Å². The summed E-state index contributed by atoms with van der Waals surface area (Å²) in [5, 5.41) is 9.56. The number of carbonyl (C=O) groups is 1. The van der Waals surface area contributed by atoms with Gasteiger partial charge in [0.25, 0.3) is 5.91 Å². The molecule has 0 atom stereocenters. The Labute approximate surface area is 107 Å². The molecule has 0 aliphatic rings. The molecule has 0 bridgehead atoms. The Kier molecular flexibility index (Phi) is 7.05. The van der Waals surface area contributed by atoms with Crippen molar-refractivity contribution in [3.63, 3.8) is 0 Å². The molecule has 18 heavy (non-hydrogen) atoms. The second kappa shape index (κ2) is 8.66. The van der Waals surface area contributed by atoms with E-state index in [1.54, 1.807) is 13.2 Å². The number of ether oxygens (including phenoxy) is 2. The number of H-pyrrole nitrogens is 1. The van der Waals surface area contributed by atoms with Crippen molar-refractivity contribution in [1.82, 2.24) is 15.5 Å². The van der Waals surface area contributed by atoms with Gasteiger partial charge >= 0.3 is 0 Å². The van der Waals surface area contributed by atoms with Crippen molar-refractivity contribution >= 4 is 5.91 Å². The van der Waals surface area contributed by atoms with Crippen LogP contribution in [0.5, 0.6) is 0 Å². The summed E-state index contributed by atoms with van der Waals surface area (Å²) in [5.74, 6) is -0.177. The third-order valence-electron chi connectivity index (χ3n) is 2.35. The maximum absolute atomic E-state index is 11.7. The average molecular weight is 255 g/mol. The second-order valence-corrected chi connectivity index (χ2v) is 3.89. The quantitative estimate of drug-likeness (QED) is 0.639. The predicted octanol–water partition coefficient (Wildman–Crippen LogP) is 0.755. The Morgan fingerprint density at radius 1 is 1.44 bits per heavy atom. The van der Waals surface area contributed by atoms with E-state index >= 15 is 0 Å². The number of aromatic amines is 1. The minimum atomic E-state index is -0.177. The fourth-order valence-corrected chi connectivity index (χ4v) is 1.45. The summed E-state index contributed by atoms with van der Waals surface area (Å²) in [5.41, 5.74) is 1.41. The Hall–Kier alpha value is -1.40. The van der Waals surface area contributed by atoms with Crippen molar-refractivity contribution in [2.45, 2.75) is 19.8 Å². The van der Waals surface area contributed by atoms with E-state index in [-0.39, 0.29) is 5.91 Å². The van der Waals surface area contributed by atoms with Crippen LogP contribution in [0.4, 0.5) is 0 Å². The minimum Gasteiger partial charge on any atom is -0.382 e. The van der Waals surface area contributed by atoms with E-state index in [2.05, 4.69) is 22.4 Å². The summed E-state index contributed by atoms with van der Waals surface area (Å²) in [6.07, 6.45) is 1.93. The molecule has 2 N–H and O–H groups in total. The molecule has 0 saturated heterocycles. The molecule has 0 fully saturated rings. The predicted molar refractivity (Wildman–Crippen MR) is 67.6 cm³/mol. The van der Waals surface area contributed by atoms with Crippen LogP contribution in [0.25, 0.3) is 0 Å². The smallest absolute Gasteiger partial charge is 0.271 e. The van der Waals surface area contributed by atoms with Crippen molar-refractivity contribution in [2.24, 2.45) is 0 Å². The summed E-state index contributed by atoms with van der Waals surface area (Å²) in [6, 6.07) is 1.78. The molecule has 1 aromatic rings. The maximum Gasteiger partial charge on any atom is 0.271 e. The van der Waals surface area contributed by atoms with E-state index in [0.29, 0.717) is 32.1 Å². The molecule has 1 rings (SSSR count). The van der Waals surface area contributed by atoms with Crippen molar-refractivity contribution in [3.8, 4) is 0 Å². The van der Waals surface area contributed by atoms with Crippen LogP contribution in [-0.2, 0) is 15.9 Å². The molecule has 1 aromatic heterocycles. The highest BCUT2D eigenvalue weighted by molar-refractivity contribution is 5.92. The summed E-state index contributed by atoms with van der Waals surface area (Å²) in [4.78, 5) is 11.7. The zero-order chi connectivity index (χ0) is 13.2. The van der Waals surface area contributed by atoms with Crippen LogP contribution in [-0.4, -0.2) is 49.6 Å². The highest BCUT2D eigenvalue weighted by atomic mass is 16.5. The third-order valence-corrected chi connectivity index (χ3v) is 2.35. The highest BCUT2D eigenvalue weighted by Gasteiger charge is 2.09. The molecule has 0 aromatic carbocycles. The molecule has 0 aliphatic heterocycles. The fraction of sp³-hybridized carbons (Fsp3) is 0.667. The monoisotopic (exact) mass is 255 g/mol. The van der Waals surface area contributed by atoms with Crippen LogP contribution in [0.15, 0.2) is 6.07 Å². The van der Waals surface area contributed by atoms with Crippen LogP contribution in [0, 0.1) is 0 Å². The molecule has 0 saturated carbocycles. The number of aromatic nitrogens is 2. The van der Waals surface area contributed by atoms with Crippen molar-refractivity contribution < 1.29 is 14.3 Å². The number of hydrogen-bond acceptors (Lipinski definition) is 4. The largest absolute Gasteiger partial charge is 0.382 e. The molecule has 0 unspecified atom stereocenters. The number of carbonyl (C=O) groups excluding carboxylic acids is 1. The van der Waals surface area contributed by atoms with Gasteiger partial charge in [-0.3, -0.25) is 9.89 Å². The summed E-state index contributed by atoms with van der Waals surface area (Å²) in [6.45, 7) is 4.13. The van der Waals surface area contributed by atoms with E-state index in [1.807, 2.05) is 0 Å². The molecule has 0 spiro atoms. The molecule has 0 aliphatic carbocycles. The Morgan fingerprint density at radius 2 is 2.28 bits per heavy atom. The first kappa shape index (κ1) is 14.7. The van der Waals surface area contributed by atoms with Crippen LogP contribution >= 0.6 is 0 Å². The number of methoxy groups -OCH3 is 1. The summed E-state index contributed by atoms with van der Waals surface area (Å²) in [7, 11) is 1.62. The zero-order valence-electron chi connectivity index (χ0n) is 11.0. The van der Waals surface area contributed by atoms with Gasteiger partial charge in [-0.1, -0.05) is 13.3 Å². The number of nitrogens with one attached hydrogen (secondary N) is 2. The summed E-state index contributed by atoms with van der Waals surface area (Å²) < 4.78 is 10.1. The normalized spacial score (nSPS) is 10.6. The van der Waals surface area contributed by atoms with Gasteiger partial charge in [0.2, 0.25) is 0 Å². The standard InChI is InChI=1S/C12H21N3O3/c1-3-4-10-9-11(15-14-10)12(16)13-5-6-18-8-7-17-2/h9H,3-8H2,1-2H3,(H,13,16)(H,14,15). The second-order valence-electron chi connectivity index (χ2n) is 3.89. The van der Waals surface area contributed by atoms with E-state index in [4.69, 9.17) is 9.47 Å². The van der Waals surface area contributed by atoms with E-state index in [9.17, 15) is 4.79 Å². The SMILES string of the molecule is CCCc1cc(C(=O)NCCOCCOC)n[nH]1. The Bertz CT molecular complexity index is 352. The lowest BCUT2D eigenvalue weighted by Gasteiger charge is -2.04. The van der Waals surface area contributed by atoms with E-state index in [1.165, 1.54) is 0 Å². The van der Waals surface area contributed by atoms with Crippen molar-refractivity contribution in [1.29, 1.82) is 0 Å². The number of amides is 1. The first-order chi connectivity index (χ1) is 8.77. The van der Waals surface area contributed by atoms with E-state index in [0.717, 1.165) is 18.5 Å². The van der Waals surface area contributed by atoms with Gasteiger partial charge in [0.15, 0.2) is 0 Å². The first-order valence-corrected chi connectivity index (χ1v) is 6.17. The molecule has 6 heteroatoms. The first-order valence-electron chi connectivity index (χ1n) is 6.17. The van der Waals surface area contributed by atoms with Gasteiger partial charge in [0.05, 0.1) is 19.8 Å². The average Bonchev–Trinajstić information content (AvgIpc) is 2.82. The van der Waals surface area contributed by atoms with Crippen LogP contribution in [0.1, 0.15) is 29.5 Å². The van der Waals surface area contributed by atoms with Gasteiger partial charge in [0.1, 0.15) is 5.69 Å². The number of nitrogens with zero attached hydrogens (tertiary/aromatic N) is 1. The Morgan fingerprint density at radius 3 is 3.00 bits per heavy atom. The lowest BCUT2D eigenvalue weighted by atomic mass is 10.2. The molecule has 0 radical (unpaired) electrons. The summed E-state index contributed by atoms with van der Waals surface area (Å²) >= 11 is 0. The van der Waals surface area contributed by atoms with Gasteiger partial charge in [-0.2, -0.15) is 5.10 Å². The molecule has 6 nitrogen and oxygen atoms in total. The van der Waals surface area contributed by atoms with Crippen LogP contribution in [0.3, 0.4) is 0 Å². The van der Waals surface area contributed by atoms with Crippen molar-refractivity contribution in [3.05, 3.63) is 17.5 Å². The van der Waals surface area contributed by atoms with Gasteiger partial charge in [-0.25, -0.2) is 0 Å². The molecule has 1 heterocycles. The lowest BCUT2D eigenvalue weighted by Crippen LogP contribution is -2.27. The van der Waals surface area contributed by atoms with Gasteiger partial charge in [0, 0.05) is 19.3 Å². The third kappa shape index (κ3) is 5.29.